The lowest BCUT2D eigenvalue weighted by Crippen LogP contribution is -2.27. The summed E-state index contributed by atoms with van der Waals surface area (Å²) in [5, 5.41) is 2.98. The lowest BCUT2D eigenvalue weighted by atomic mass is 10.1. The van der Waals surface area contributed by atoms with E-state index in [1.807, 2.05) is 18.2 Å². The van der Waals surface area contributed by atoms with Crippen molar-refractivity contribution in [3.8, 4) is 0 Å². The predicted octanol–water partition coefficient (Wildman–Crippen LogP) is 1.98. The second-order valence-electron chi connectivity index (χ2n) is 4.79. The maximum absolute atomic E-state index is 12.1. The van der Waals surface area contributed by atoms with Crippen molar-refractivity contribution < 1.29 is 9.21 Å². The molecule has 0 spiro atoms. The van der Waals surface area contributed by atoms with E-state index in [0.29, 0.717) is 5.69 Å². The number of nitrogens with two attached hydrogens (primary N) is 1. The first-order valence-electron chi connectivity index (χ1n) is 6.24. The molecule has 0 saturated carbocycles. The molecular formula is C14H15N3O2. The Morgan fingerprint density at radius 1 is 1.53 bits per heavy atom. The third-order valence-electron chi connectivity index (χ3n) is 3.50. The SMILES string of the molecule is Cc1ncoc1C(=O)NC1CCc2cc(N)ccc21. The topological polar surface area (TPSA) is 81.2 Å². The Morgan fingerprint density at radius 3 is 3.11 bits per heavy atom. The number of nitrogens with one attached hydrogen (secondary N) is 1. The van der Waals surface area contributed by atoms with Crippen molar-refractivity contribution in [1.82, 2.24) is 10.3 Å². The molecule has 1 aromatic heterocycles. The van der Waals surface area contributed by atoms with Gasteiger partial charge >= 0.3 is 0 Å². The Morgan fingerprint density at radius 2 is 2.37 bits per heavy atom. The van der Waals surface area contributed by atoms with Crippen LogP contribution < -0.4 is 11.1 Å². The molecule has 3 rings (SSSR count). The van der Waals surface area contributed by atoms with Crippen LogP contribution in [0.4, 0.5) is 5.69 Å². The number of oxazole rings is 1. The highest BCUT2D eigenvalue weighted by molar-refractivity contribution is 5.92. The Balaban J connectivity index is 1.80. The number of fused-ring (bicyclic) bond motifs is 1. The molecule has 19 heavy (non-hydrogen) atoms. The van der Waals surface area contributed by atoms with Crippen molar-refractivity contribution in [1.29, 1.82) is 0 Å². The van der Waals surface area contributed by atoms with E-state index in [2.05, 4.69) is 10.3 Å². The van der Waals surface area contributed by atoms with Crippen molar-refractivity contribution in [3.05, 3.63) is 47.2 Å². The molecular weight excluding hydrogens is 242 g/mol. The van der Waals surface area contributed by atoms with Gasteiger partial charge in [0.2, 0.25) is 5.76 Å². The van der Waals surface area contributed by atoms with E-state index < -0.39 is 0 Å². The van der Waals surface area contributed by atoms with E-state index in [4.69, 9.17) is 10.2 Å². The minimum Gasteiger partial charge on any atom is -0.438 e. The number of nitrogen functional groups attached to an aromatic ring is 1. The Labute approximate surface area is 110 Å². The number of rotatable bonds is 2. The monoisotopic (exact) mass is 257 g/mol. The first-order valence-corrected chi connectivity index (χ1v) is 6.24. The van der Waals surface area contributed by atoms with Crippen LogP contribution in [-0.4, -0.2) is 10.9 Å². The van der Waals surface area contributed by atoms with Gasteiger partial charge in [0.25, 0.3) is 5.91 Å². The number of nitrogens with zero attached hydrogens (tertiary/aromatic N) is 1. The minimum atomic E-state index is -0.218. The van der Waals surface area contributed by atoms with E-state index in [9.17, 15) is 4.79 Å². The highest BCUT2D eigenvalue weighted by Crippen LogP contribution is 2.32. The van der Waals surface area contributed by atoms with Crippen LogP contribution >= 0.6 is 0 Å². The third kappa shape index (κ3) is 2.07. The molecule has 1 heterocycles. The van der Waals surface area contributed by atoms with Crippen molar-refractivity contribution in [2.24, 2.45) is 0 Å². The number of hydrogen-bond acceptors (Lipinski definition) is 4. The number of aromatic nitrogens is 1. The first-order chi connectivity index (χ1) is 9.15. The average molecular weight is 257 g/mol. The lowest BCUT2D eigenvalue weighted by Gasteiger charge is -2.13. The van der Waals surface area contributed by atoms with E-state index >= 15 is 0 Å². The summed E-state index contributed by atoms with van der Waals surface area (Å²) in [5.74, 6) is 0.0635. The predicted molar refractivity (Wildman–Crippen MR) is 70.6 cm³/mol. The molecule has 0 bridgehead atoms. The van der Waals surface area contributed by atoms with Gasteiger partial charge in [-0.15, -0.1) is 0 Å². The average Bonchev–Trinajstić information content (AvgIpc) is 2.96. The van der Waals surface area contributed by atoms with Crippen molar-refractivity contribution >= 4 is 11.6 Å². The van der Waals surface area contributed by atoms with Gasteiger partial charge in [-0.05, 0) is 43.0 Å². The number of carbonyl (C=O) groups excluding carboxylic acids is 1. The zero-order chi connectivity index (χ0) is 13.4. The molecule has 1 amide bonds. The van der Waals surface area contributed by atoms with Crippen LogP contribution in [0.1, 0.15) is 39.8 Å². The molecule has 3 N–H and O–H groups in total. The Kier molecular flexibility index (Phi) is 2.74. The number of carbonyl (C=O) groups is 1. The zero-order valence-corrected chi connectivity index (χ0v) is 10.6. The molecule has 0 fully saturated rings. The van der Waals surface area contributed by atoms with Crippen LogP contribution in [0, 0.1) is 6.92 Å². The summed E-state index contributed by atoms with van der Waals surface area (Å²) in [6, 6.07) is 5.84. The fourth-order valence-electron chi connectivity index (χ4n) is 2.53. The molecule has 1 aliphatic carbocycles. The van der Waals surface area contributed by atoms with Crippen LogP contribution in [0.25, 0.3) is 0 Å². The number of benzene rings is 1. The number of amides is 1. The van der Waals surface area contributed by atoms with Gasteiger partial charge in [-0.3, -0.25) is 4.79 Å². The molecule has 0 aliphatic heterocycles. The smallest absolute Gasteiger partial charge is 0.289 e. The molecule has 2 aromatic rings. The molecule has 0 saturated heterocycles. The van der Waals surface area contributed by atoms with Gasteiger partial charge in [-0.2, -0.15) is 0 Å². The van der Waals surface area contributed by atoms with Crippen LogP contribution in [0.2, 0.25) is 0 Å². The van der Waals surface area contributed by atoms with Crippen LogP contribution in [-0.2, 0) is 6.42 Å². The zero-order valence-electron chi connectivity index (χ0n) is 10.6. The van der Waals surface area contributed by atoms with Gasteiger partial charge in [-0.1, -0.05) is 6.07 Å². The summed E-state index contributed by atoms with van der Waals surface area (Å²) in [5.41, 5.74) is 9.48. The Hall–Kier alpha value is -2.30. The largest absolute Gasteiger partial charge is 0.438 e. The van der Waals surface area contributed by atoms with Gasteiger partial charge < -0.3 is 15.5 Å². The summed E-state index contributed by atoms with van der Waals surface area (Å²) in [4.78, 5) is 16.0. The maximum Gasteiger partial charge on any atom is 0.289 e. The van der Waals surface area contributed by atoms with Gasteiger partial charge in [-0.25, -0.2) is 4.98 Å². The lowest BCUT2D eigenvalue weighted by molar-refractivity contribution is 0.0908. The number of hydrogen-bond donors (Lipinski definition) is 2. The second-order valence-corrected chi connectivity index (χ2v) is 4.79. The van der Waals surface area contributed by atoms with E-state index in [0.717, 1.165) is 24.1 Å². The number of aryl methyl sites for hydroxylation is 2. The molecule has 1 unspecified atom stereocenters. The van der Waals surface area contributed by atoms with Gasteiger partial charge in [0, 0.05) is 5.69 Å². The van der Waals surface area contributed by atoms with E-state index in [-0.39, 0.29) is 17.7 Å². The van der Waals surface area contributed by atoms with Crippen LogP contribution in [0.5, 0.6) is 0 Å². The molecule has 5 nitrogen and oxygen atoms in total. The molecule has 1 aromatic carbocycles. The molecule has 1 aliphatic rings. The van der Waals surface area contributed by atoms with Crippen molar-refractivity contribution in [3.63, 3.8) is 0 Å². The van der Waals surface area contributed by atoms with Gasteiger partial charge in [0.1, 0.15) is 0 Å². The quantitative estimate of drug-likeness (QED) is 0.806. The number of anilines is 1. The minimum absolute atomic E-state index is 0.0209. The fourth-order valence-corrected chi connectivity index (χ4v) is 2.53. The summed E-state index contributed by atoms with van der Waals surface area (Å²) in [6.45, 7) is 1.75. The van der Waals surface area contributed by atoms with Crippen molar-refractivity contribution in [2.45, 2.75) is 25.8 Å². The highest BCUT2D eigenvalue weighted by atomic mass is 16.3. The Bertz CT molecular complexity index is 633. The fraction of sp³-hybridized carbons (Fsp3) is 0.286. The van der Waals surface area contributed by atoms with Gasteiger partial charge in [0.05, 0.1) is 11.7 Å². The van der Waals surface area contributed by atoms with Gasteiger partial charge in [0.15, 0.2) is 6.39 Å². The third-order valence-corrected chi connectivity index (χ3v) is 3.50. The maximum atomic E-state index is 12.1. The van der Waals surface area contributed by atoms with Crippen LogP contribution in [0.3, 0.4) is 0 Å². The molecule has 5 heteroatoms. The first kappa shape index (κ1) is 11.8. The van der Waals surface area contributed by atoms with Crippen LogP contribution in [0.15, 0.2) is 29.0 Å². The molecule has 98 valence electrons. The van der Waals surface area contributed by atoms with E-state index in [1.165, 1.54) is 12.0 Å². The summed E-state index contributed by atoms with van der Waals surface area (Å²) in [7, 11) is 0. The van der Waals surface area contributed by atoms with Crippen molar-refractivity contribution in [2.75, 3.05) is 5.73 Å². The second kappa shape index (κ2) is 4.42. The van der Waals surface area contributed by atoms with E-state index in [1.54, 1.807) is 6.92 Å². The summed E-state index contributed by atoms with van der Waals surface area (Å²) < 4.78 is 5.10. The standard InChI is InChI=1S/C14H15N3O2/c1-8-13(19-7-16-8)14(18)17-12-5-2-9-6-10(15)3-4-11(9)12/h3-4,6-7,12H,2,5,15H2,1H3,(H,17,18). The summed E-state index contributed by atoms with van der Waals surface area (Å²) in [6.07, 6.45) is 3.10. The normalized spacial score (nSPS) is 17.2. The summed E-state index contributed by atoms with van der Waals surface area (Å²) >= 11 is 0. The highest BCUT2D eigenvalue weighted by Gasteiger charge is 2.26. The molecule has 0 radical (unpaired) electrons. The molecule has 1 atom stereocenters.